The molecule has 0 radical (unpaired) electrons. The molecule has 5 nitrogen and oxygen atoms in total. The van der Waals surface area contributed by atoms with E-state index in [0.29, 0.717) is 0 Å². The van der Waals surface area contributed by atoms with Crippen molar-refractivity contribution in [2.45, 2.75) is 19.9 Å². The summed E-state index contributed by atoms with van der Waals surface area (Å²) < 4.78 is 9.29. The van der Waals surface area contributed by atoms with Gasteiger partial charge in [-0.05, 0) is 18.6 Å². The molecule has 2 rings (SSSR count). The van der Waals surface area contributed by atoms with Crippen molar-refractivity contribution in [2.75, 3.05) is 30.9 Å². The zero-order valence-corrected chi connectivity index (χ0v) is 12.9. The fraction of sp³-hybridized carbons (Fsp3) is 0.429. The van der Waals surface area contributed by atoms with E-state index in [1.807, 2.05) is 25.2 Å². The van der Waals surface area contributed by atoms with Gasteiger partial charge in [0.2, 0.25) is 0 Å². The van der Waals surface area contributed by atoms with Crippen LogP contribution < -0.4 is 15.0 Å². The van der Waals surface area contributed by atoms with Gasteiger partial charge in [0.1, 0.15) is 16.4 Å². The Morgan fingerprint density at radius 3 is 3.00 bits per heavy atom. The number of methoxy groups -OCH3 is 1. The van der Waals surface area contributed by atoms with Crippen LogP contribution in [0.2, 0.25) is 0 Å². The number of nitrogens with one attached hydrogen (secondary N) is 1. The quantitative estimate of drug-likeness (QED) is 0.850. The van der Waals surface area contributed by atoms with E-state index in [-0.39, 0.29) is 0 Å². The van der Waals surface area contributed by atoms with Crippen LogP contribution in [0.15, 0.2) is 24.3 Å². The van der Waals surface area contributed by atoms with Crippen molar-refractivity contribution in [3.8, 4) is 5.75 Å². The Morgan fingerprint density at radius 2 is 2.25 bits per heavy atom. The van der Waals surface area contributed by atoms with Gasteiger partial charge in [0.25, 0.3) is 0 Å². The lowest BCUT2D eigenvalue weighted by Gasteiger charge is -2.19. The van der Waals surface area contributed by atoms with E-state index in [2.05, 4.69) is 32.8 Å². The molecule has 0 spiro atoms. The summed E-state index contributed by atoms with van der Waals surface area (Å²) in [4.78, 5) is 2.14. The van der Waals surface area contributed by atoms with Crippen molar-refractivity contribution < 1.29 is 4.74 Å². The molecule has 0 saturated heterocycles. The fourth-order valence-corrected chi connectivity index (χ4v) is 2.45. The largest absolute Gasteiger partial charge is 0.497 e. The van der Waals surface area contributed by atoms with Crippen LogP contribution in [0.5, 0.6) is 5.75 Å². The topological polar surface area (TPSA) is 50.3 Å². The van der Waals surface area contributed by atoms with Gasteiger partial charge in [0.15, 0.2) is 0 Å². The van der Waals surface area contributed by atoms with Crippen LogP contribution in [0, 0.1) is 0 Å². The summed E-state index contributed by atoms with van der Waals surface area (Å²) in [7, 11) is 3.72. The molecule has 0 amide bonds. The number of aromatic nitrogens is 2. The number of ether oxygens (including phenoxy) is 1. The highest BCUT2D eigenvalue weighted by molar-refractivity contribution is 7.10. The molecule has 0 aliphatic heterocycles. The monoisotopic (exact) mass is 292 g/mol. The zero-order chi connectivity index (χ0) is 14.4. The van der Waals surface area contributed by atoms with E-state index in [1.54, 1.807) is 7.11 Å². The van der Waals surface area contributed by atoms with Crippen molar-refractivity contribution >= 4 is 22.2 Å². The molecule has 1 aromatic heterocycles. The summed E-state index contributed by atoms with van der Waals surface area (Å²) in [6.45, 7) is 3.80. The van der Waals surface area contributed by atoms with Crippen LogP contribution in [0.4, 0.5) is 10.7 Å². The van der Waals surface area contributed by atoms with E-state index < -0.39 is 0 Å². The van der Waals surface area contributed by atoms with Gasteiger partial charge >= 0.3 is 0 Å². The molecule has 2 aromatic rings. The molecular weight excluding hydrogens is 272 g/mol. The number of rotatable bonds is 7. The van der Waals surface area contributed by atoms with E-state index >= 15 is 0 Å². The van der Waals surface area contributed by atoms with Gasteiger partial charge in [-0.2, -0.15) is 0 Å². The second-order valence-electron chi connectivity index (χ2n) is 4.53. The fourth-order valence-electron chi connectivity index (χ4n) is 1.85. The molecule has 1 heterocycles. The van der Waals surface area contributed by atoms with Crippen molar-refractivity contribution in [2.24, 2.45) is 0 Å². The molecule has 108 valence electrons. The van der Waals surface area contributed by atoms with Gasteiger partial charge in [-0.3, -0.25) is 0 Å². The lowest BCUT2D eigenvalue weighted by molar-refractivity contribution is 0.415. The third-order valence-corrected chi connectivity index (χ3v) is 3.70. The van der Waals surface area contributed by atoms with E-state index in [1.165, 1.54) is 11.5 Å². The zero-order valence-electron chi connectivity index (χ0n) is 12.1. The Bertz CT molecular complexity index is 543. The summed E-state index contributed by atoms with van der Waals surface area (Å²) in [5.74, 6) is 0.857. The minimum absolute atomic E-state index is 0.718. The maximum absolute atomic E-state index is 5.25. The first-order valence-corrected chi connectivity index (χ1v) is 7.42. The first kappa shape index (κ1) is 14.6. The minimum Gasteiger partial charge on any atom is -0.497 e. The van der Waals surface area contributed by atoms with Crippen molar-refractivity contribution in [3.63, 3.8) is 0 Å². The molecular formula is C14H20N4OS. The Morgan fingerprint density at radius 1 is 1.40 bits per heavy atom. The standard InChI is InChI=1S/C14H20N4OS/c1-4-8-15-14-13(16-17-20-14)10-18(2)11-6-5-7-12(9-11)19-3/h5-7,9,15H,4,8,10H2,1-3H3. The van der Waals surface area contributed by atoms with Crippen LogP contribution in [-0.4, -0.2) is 30.3 Å². The van der Waals surface area contributed by atoms with Gasteiger partial charge in [-0.1, -0.05) is 17.5 Å². The predicted octanol–water partition coefficient (Wildman–Crippen LogP) is 3.01. The van der Waals surface area contributed by atoms with Gasteiger partial charge in [0, 0.05) is 36.9 Å². The van der Waals surface area contributed by atoms with Crippen LogP contribution in [0.3, 0.4) is 0 Å². The molecule has 0 aliphatic rings. The first-order chi connectivity index (χ1) is 9.74. The second kappa shape index (κ2) is 7.09. The van der Waals surface area contributed by atoms with Crippen LogP contribution >= 0.6 is 11.5 Å². The number of hydrogen-bond donors (Lipinski definition) is 1. The molecule has 20 heavy (non-hydrogen) atoms. The van der Waals surface area contributed by atoms with Crippen LogP contribution in [0.1, 0.15) is 19.0 Å². The van der Waals surface area contributed by atoms with E-state index in [0.717, 1.165) is 41.6 Å². The second-order valence-corrected chi connectivity index (χ2v) is 5.29. The summed E-state index contributed by atoms with van der Waals surface area (Å²) in [6.07, 6.45) is 1.09. The van der Waals surface area contributed by atoms with Crippen molar-refractivity contribution in [1.82, 2.24) is 9.59 Å². The normalized spacial score (nSPS) is 10.3. The first-order valence-electron chi connectivity index (χ1n) is 6.65. The van der Waals surface area contributed by atoms with Gasteiger partial charge in [0.05, 0.1) is 13.7 Å². The lowest BCUT2D eigenvalue weighted by atomic mass is 10.2. The molecule has 0 bridgehead atoms. The maximum Gasteiger partial charge on any atom is 0.135 e. The highest BCUT2D eigenvalue weighted by atomic mass is 32.1. The third kappa shape index (κ3) is 3.60. The molecule has 1 aromatic carbocycles. The molecule has 0 fully saturated rings. The highest BCUT2D eigenvalue weighted by Crippen LogP contribution is 2.24. The van der Waals surface area contributed by atoms with Gasteiger partial charge < -0.3 is 15.0 Å². The number of hydrogen-bond acceptors (Lipinski definition) is 6. The highest BCUT2D eigenvalue weighted by Gasteiger charge is 2.11. The van der Waals surface area contributed by atoms with Gasteiger partial charge in [-0.15, -0.1) is 5.10 Å². The van der Waals surface area contributed by atoms with E-state index in [9.17, 15) is 0 Å². The van der Waals surface area contributed by atoms with Crippen molar-refractivity contribution in [3.05, 3.63) is 30.0 Å². The summed E-state index contributed by atoms with van der Waals surface area (Å²) in [5.41, 5.74) is 2.08. The van der Waals surface area contributed by atoms with Crippen molar-refractivity contribution in [1.29, 1.82) is 0 Å². The Labute approximate surface area is 123 Å². The minimum atomic E-state index is 0.718. The van der Waals surface area contributed by atoms with E-state index in [4.69, 9.17) is 4.74 Å². The maximum atomic E-state index is 5.25. The molecule has 1 N–H and O–H groups in total. The number of nitrogens with zero attached hydrogens (tertiary/aromatic N) is 3. The Balaban J connectivity index is 2.07. The predicted molar refractivity (Wildman–Crippen MR) is 83.8 cm³/mol. The summed E-state index contributed by atoms with van der Waals surface area (Å²) in [5, 5.41) is 8.63. The lowest BCUT2D eigenvalue weighted by Crippen LogP contribution is -2.17. The average molecular weight is 292 g/mol. The molecule has 6 heteroatoms. The molecule has 0 aliphatic carbocycles. The molecule has 0 saturated carbocycles. The van der Waals surface area contributed by atoms with Crippen LogP contribution in [-0.2, 0) is 6.54 Å². The average Bonchev–Trinajstić information content (AvgIpc) is 2.92. The third-order valence-electron chi connectivity index (χ3n) is 2.97. The number of anilines is 2. The van der Waals surface area contributed by atoms with Crippen LogP contribution in [0.25, 0.3) is 0 Å². The summed E-state index contributed by atoms with van der Waals surface area (Å²) in [6, 6.07) is 8.00. The number of benzene rings is 1. The Hall–Kier alpha value is -1.82. The Kier molecular flexibility index (Phi) is 5.17. The summed E-state index contributed by atoms with van der Waals surface area (Å²) >= 11 is 1.41. The SMILES string of the molecule is CCCNc1snnc1CN(C)c1cccc(OC)c1. The molecule has 0 unspecified atom stereocenters. The van der Waals surface area contributed by atoms with Gasteiger partial charge in [-0.25, -0.2) is 0 Å². The smallest absolute Gasteiger partial charge is 0.135 e. The molecule has 0 atom stereocenters.